The zero-order chi connectivity index (χ0) is 14.3. The van der Waals surface area contributed by atoms with E-state index >= 15 is 0 Å². The molecule has 0 heterocycles. The molecule has 0 N–H and O–H groups in total. The fourth-order valence-corrected chi connectivity index (χ4v) is 2.23. The second-order valence-electron chi connectivity index (χ2n) is 4.84. The molecule has 0 nitrogen and oxygen atoms in total. The average molecular weight is 430 g/mol. The van der Waals surface area contributed by atoms with Crippen molar-refractivity contribution in [2.45, 2.75) is 0 Å². The molecule has 0 amide bonds. The fourth-order valence-electron chi connectivity index (χ4n) is 2.23. The van der Waals surface area contributed by atoms with E-state index in [1.165, 1.54) is 16.3 Å². The summed E-state index contributed by atoms with van der Waals surface area (Å²) in [5.74, 6) is 0. The summed E-state index contributed by atoms with van der Waals surface area (Å²) < 4.78 is 0. The van der Waals surface area contributed by atoms with Gasteiger partial charge in [0.05, 0.1) is 0 Å². The molecule has 3 aromatic rings. The number of fused-ring (bicyclic) bond motifs is 1. The van der Waals surface area contributed by atoms with E-state index in [0.29, 0.717) is 0 Å². The molecule has 118 valence electrons. The van der Waals surface area contributed by atoms with Crippen LogP contribution >= 0.6 is 0 Å². The summed E-state index contributed by atoms with van der Waals surface area (Å²) in [6.07, 6.45) is 11.2. The second kappa shape index (κ2) is 12.1. The third kappa shape index (κ3) is 6.69. The monoisotopic (exact) mass is 428 g/mol. The van der Waals surface area contributed by atoms with Crippen LogP contribution in [0.5, 0.6) is 0 Å². The van der Waals surface area contributed by atoms with E-state index in [9.17, 15) is 0 Å². The molecule has 0 saturated carbocycles. The van der Waals surface area contributed by atoms with Crippen LogP contribution in [-0.2, 0) is 26.2 Å². The molecule has 0 saturated heterocycles. The van der Waals surface area contributed by atoms with Crippen molar-refractivity contribution >= 4 is 16.8 Å². The van der Waals surface area contributed by atoms with Crippen LogP contribution < -0.4 is 24.8 Å². The first-order valence-electron chi connectivity index (χ1n) is 7.05. The Bertz CT molecular complexity index is 755. The Balaban J connectivity index is 0.000000402. The zero-order valence-corrected chi connectivity index (χ0v) is 17.0. The maximum absolute atomic E-state index is 3.13. The normalized spacial score (nSPS) is 12.6. The van der Waals surface area contributed by atoms with Gasteiger partial charge >= 0.3 is 26.2 Å². The van der Waals surface area contributed by atoms with Gasteiger partial charge in [-0.2, -0.15) is 41.3 Å². The van der Waals surface area contributed by atoms with E-state index < -0.39 is 0 Å². The van der Waals surface area contributed by atoms with Crippen molar-refractivity contribution in [3.63, 3.8) is 0 Å². The molecular weight excluding hydrogens is 414 g/mol. The zero-order valence-electron chi connectivity index (χ0n) is 13.0. The first kappa shape index (κ1) is 22.7. The van der Waals surface area contributed by atoms with Gasteiger partial charge in [-0.3, -0.25) is 0 Å². The number of benzene rings is 2. The van der Waals surface area contributed by atoms with Gasteiger partial charge < -0.3 is 24.8 Å². The summed E-state index contributed by atoms with van der Waals surface area (Å²) in [6, 6.07) is 24.9. The molecule has 1 aliphatic rings. The van der Waals surface area contributed by atoms with Crippen LogP contribution in [0.15, 0.2) is 96.6 Å². The van der Waals surface area contributed by atoms with Crippen LogP contribution in [0.1, 0.15) is 5.56 Å². The van der Waals surface area contributed by atoms with Crippen LogP contribution in [0.25, 0.3) is 16.8 Å². The third-order valence-corrected chi connectivity index (χ3v) is 3.29. The topological polar surface area (TPSA) is 0 Å². The van der Waals surface area contributed by atoms with Crippen molar-refractivity contribution in [2.75, 3.05) is 0 Å². The molecule has 0 radical (unpaired) electrons. The van der Waals surface area contributed by atoms with Gasteiger partial charge in [0.1, 0.15) is 0 Å². The second-order valence-corrected chi connectivity index (χ2v) is 4.84. The summed E-state index contributed by atoms with van der Waals surface area (Å²) in [7, 11) is 0. The molecule has 24 heavy (non-hydrogen) atoms. The van der Waals surface area contributed by atoms with Crippen molar-refractivity contribution in [1.82, 2.24) is 0 Å². The minimum absolute atomic E-state index is 0. The fraction of sp³-hybridized carbons (Fsp3) is 0. The molecule has 1 aliphatic carbocycles. The van der Waals surface area contributed by atoms with Crippen LogP contribution in [0, 0.1) is 6.08 Å². The van der Waals surface area contributed by atoms with Gasteiger partial charge in [-0.25, -0.2) is 0 Å². The Kier molecular flexibility index (Phi) is 11.5. The predicted molar refractivity (Wildman–Crippen MR) is 90.9 cm³/mol. The predicted octanol–water partition coefficient (Wildman–Crippen LogP) is -0.437. The summed E-state index contributed by atoms with van der Waals surface area (Å²) in [6.45, 7) is 0. The van der Waals surface area contributed by atoms with Crippen LogP contribution in [0.4, 0.5) is 0 Å². The third-order valence-electron chi connectivity index (χ3n) is 3.29. The number of allylic oxidation sites excluding steroid dienone is 5. The van der Waals surface area contributed by atoms with Gasteiger partial charge in [-0.05, 0) is 0 Å². The minimum Gasteiger partial charge on any atom is -1.00 e. The van der Waals surface area contributed by atoms with E-state index in [2.05, 4.69) is 66.7 Å². The number of hydrogen-bond acceptors (Lipinski definition) is 0. The smallest absolute Gasteiger partial charge is 1.00 e. The molecule has 3 aromatic carbocycles. The Morgan fingerprint density at radius 2 is 1.54 bits per heavy atom. The molecule has 0 fully saturated rings. The summed E-state index contributed by atoms with van der Waals surface area (Å²) in [5, 5.41) is 2.66. The molecule has 3 heteroatoms. The first-order chi connectivity index (χ1) is 10.4. The van der Waals surface area contributed by atoms with Crippen molar-refractivity contribution in [1.29, 1.82) is 0 Å². The van der Waals surface area contributed by atoms with Crippen LogP contribution in [0.3, 0.4) is 0 Å². The van der Waals surface area contributed by atoms with Crippen LogP contribution in [0.2, 0.25) is 0 Å². The maximum Gasteiger partial charge on any atom is 4.00 e. The van der Waals surface area contributed by atoms with Crippen molar-refractivity contribution in [3.05, 3.63) is 108 Å². The van der Waals surface area contributed by atoms with Gasteiger partial charge in [-0.15, -0.1) is 41.8 Å². The Labute approximate surface area is 175 Å². The van der Waals surface area contributed by atoms with Crippen LogP contribution in [-0.4, -0.2) is 0 Å². The molecule has 4 rings (SSSR count). The molecule has 0 bridgehead atoms. The van der Waals surface area contributed by atoms with Gasteiger partial charge in [-0.1, -0.05) is 42.0 Å². The Morgan fingerprint density at radius 3 is 2.21 bits per heavy atom. The van der Waals surface area contributed by atoms with Gasteiger partial charge in [0, 0.05) is 0 Å². The minimum atomic E-state index is 0. The Hall–Kier alpha value is -1.27. The van der Waals surface area contributed by atoms with E-state index in [0.717, 1.165) is 5.57 Å². The molecule has 0 aliphatic heterocycles. The quantitative estimate of drug-likeness (QED) is 0.460. The van der Waals surface area contributed by atoms with Gasteiger partial charge in [0.25, 0.3) is 0 Å². The maximum atomic E-state index is 3.13. The summed E-state index contributed by atoms with van der Waals surface area (Å²) in [5.41, 5.74) is 2.36. The number of rotatable bonds is 1. The summed E-state index contributed by atoms with van der Waals surface area (Å²) in [4.78, 5) is 0. The average Bonchev–Trinajstić information content (AvgIpc) is 3.20. The molecule has 0 aromatic heterocycles. The van der Waals surface area contributed by atoms with E-state index in [4.69, 9.17) is 0 Å². The number of hydrogen-bond donors (Lipinski definition) is 0. The largest absolute Gasteiger partial charge is 4.00 e. The van der Waals surface area contributed by atoms with Crippen molar-refractivity contribution in [3.8, 4) is 0 Å². The summed E-state index contributed by atoms with van der Waals surface area (Å²) >= 11 is 0. The molecular formula is C21H16Cl2Zr. The standard InChI is InChI=1S/C12H9.C9H7.2ClH.Zr/c1-2-6-11(7-3-1)10-12-8-4-5-9-12;1-2-5-9-7-3-6-8(9)4-1;;;/h1-8,10H;1-7H;2*1H;/q2*-1;;;+4/p-2. The van der Waals surface area contributed by atoms with Crippen molar-refractivity contribution < 1.29 is 51.0 Å². The molecule has 0 unspecified atom stereocenters. The SMILES string of the molecule is [C-]1=CC=CC1=Cc1ccccc1.[Cl-].[Cl-].[Zr+4].c1ccc2[cH-]ccc2c1. The van der Waals surface area contributed by atoms with Crippen molar-refractivity contribution in [2.24, 2.45) is 0 Å². The molecule has 0 atom stereocenters. The van der Waals surface area contributed by atoms with Gasteiger partial charge in [0.2, 0.25) is 0 Å². The van der Waals surface area contributed by atoms with E-state index in [-0.39, 0.29) is 51.0 Å². The number of halogens is 2. The first-order valence-corrected chi connectivity index (χ1v) is 7.05. The Morgan fingerprint density at radius 1 is 0.833 bits per heavy atom. The van der Waals surface area contributed by atoms with E-state index in [1.807, 2.05) is 36.4 Å². The molecule has 0 spiro atoms. The van der Waals surface area contributed by atoms with E-state index in [1.54, 1.807) is 0 Å². The van der Waals surface area contributed by atoms with Gasteiger partial charge in [0.15, 0.2) is 0 Å².